The number of rotatable bonds is 5. The van der Waals surface area contributed by atoms with E-state index in [1.54, 1.807) is 0 Å². The number of carbonyl (C=O) groups is 1. The van der Waals surface area contributed by atoms with Gasteiger partial charge in [-0.2, -0.15) is 0 Å². The average Bonchev–Trinajstić information content (AvgIpc) is 2.97. The Bertz CT molecular complexity index is 350. The topological polar surface area (TPSA) is 58.8 Å². The van der Waals surface area contributed by atoms with Crippen LogP contribution in [0.3, 0.4) is 0 Å². The highest BCUT2D eigenvalue weighted by Gasteiger charge is 2.25. The van der Waals surface area contributed by atoms with Crippen LogP contribution < -0.4 is 5.73 Å². The molecule has 2 heterocycles. The molecule has 2 atom stereocenters. The van der Waals surface area contributed by atoms with E-state index in [9.17, 15) is 4.79 Å². The zero-order chi connectivity index (χ0) is 14.5. The van der Waals surface area contributed by atoms with E-state index in [1.165, 1.54) is 0 Å². The highest BCUT2D eigenvalue weighted by Crippen LogP contribution is 2.18. The predicted molar refractivity (Wildman–Crippen MR) is 82.6 cm³/mol. The maximum Gasteiger partial charge on any atom is 0.222 e. The summed E-state index contributed by atoms with van der Waals surface area (Å²) in [5.74, 6) is 0.253. The molecule has 0 spiro atoms. The number of piperazine rings is 1. The molecule has 1 amide bonds. The Labute approximate surface area is 126 Å². The lowest BCUT2D eigenvalue weighted by Gasteiger charge is -2.37. The van der Waals surface area contributed by atoms with Crippen LogP contribution in [-0.4, -0.2) is 65.6 Å². The minimum Gasteiger partial charge on any atom is -0.392 e. The molecule has 2 unspecified atom stereocenters. The van der Waals surface area contributed by atoms with Crippen LogP contribution in [0.4, 0.5) is 0 Å². The normalized spacial score (nSPS) is 25.6. The van der Waals surface area contributed by atoms with Gasteiger partial charge < -0.3 is 15.4 Å². The van der Waals surface area contributed by atoms with Gasteiger partial charge in [0.15, 0.2) is 0 Å². The summed E-state index contributed by atoms with van der Waals surface area (Å²) < 4.78 is 5.56. The fraction of sp³-hybridized carbons (Fsp3) is 0.857. The van der Waals surface area contributed by atoms with Gasteiger partial charge in [-0.05, 0) is 26.2 Å². The molecule has 114 valence electrons. The third-order valence-electron chi connectivity index (χ3n) is 4.33. The molecule has 0 aromatic carbocycles. The highest BCUT2D eigenvalue weighted by molar-refractivity contribution is 7.80. The van der Waals surface area contributed by atoms with Crippen molar-refractivity contribution in [2.75, 3.05) is 32.8 Å². The molecule has 0 radical (unpaired) electrons. The van der Waals surface area contributed by atoms with Crippen molar-refractivity contribution in [2.24, 2.45) is 5.73 Å². The summed E-state index contributed by atoms with van der Waals surface area (Å²) in [5, 5.41) is 0. The van der Waals surface area contributed by atoms with Crippen LogP contribution in [-0.2, 0) is 9.53 Å². The standard InChI is InChI=1S/C14H25N3O2S/c1-11(14(15)20)16-6-8-17(9-7-16)13(18)5-4-12-3-2-10-19-12/h11-12H,2-10H2,1H3,(H2,15,20). The van der Waals surface area contributed by atoms with Crippen molar-refractivity contribution in [3.05, 3.63) is 0 Å². The molecule has 20 heavy (non-hydrogen) atoms. The van der Waals surface area contributed by atoms with Gasteiger partial charge in [0.25, 0.3) is 0 Å². The predicted octanol–water partition coefficient (Wildman–Crippen LogP) is 0.764. The molecule has 2 aliphatic rings. The first-order valence-corrected chi connectivity index (χ1v) is 7.91. The first-order valence-electron chi connectivity index (χ1n) is 7.50. The van der Waals surface area contributed by atoms with Gasteiger partial charge in [-0.25, -0.2) is 0 Å². The second kappa shape index (κ2) is 7.33. The van der Waals surface area contributed by atoms with Crippen molar-refractivity contribution in [2.45, 2.75) is 44.8 Å². The summed E-state index contributed by atoms with van der Waals surface area (Å²) in [5.41, 5.74) is 5.67. The number of hydrogen-bond donors (Lipinski definition) is 1. The van der Waals surface area contributed by atoms with E-state index in [1.807, 2.05) is 11.8 Å². The quantitative estimate of drug-likeness (QED) is 0.760. The van der Waals surface area contributed by atoms with E-state index in [2.05, 4.69) is 4.90 Å². The van der Waals surface area contributed by atoms with Crippen LogP contribution in [0, 0.1) is 0 Å². The average molecular weight is 299 g/mol. The second-order valence-corrected chi connectivity index (χ2v) is 6.14. The molecular formula is C14H25N3O2S. The Balaban J connectivity index is 1.69. The summed E-state index contributed by atoms with van der Waals surface area (Å²) in [6, 6.07) is 0.120. The summed E-state index contributed by atoms with van der Waals surface area (Å²) in [6.45, 7) is 6.13. The Kier molecular flexibility index (Phi) is 5.74. The van der Waals surface area contributed by atoms with E-state index in [0.717, 1.165) is 52.0 Å². The molecular weight excluding hydrogens is 274 g/mol. The van der Waals surface area contributed by atoms with Crippen molar-refractivity contribution in [1.29, 1.82) is 0 Å². The van der Waals surface area contributed by atoms with Gasteiger partial charge >= 0.3 is 0 Å². The molecule has 2 rings (SSSR count). The van der Waals surface area contributed by atoms with Gasteiger partial charge in [-0.1, -0.05) is 12.2 Å². The van der Waals surface area contributed by atoms with E-state index in [4.69, 9.17) is 22.7 Å². The minimum absolute atomic E-state index is 0.120. The van der Waals surface area contributed by atoms with E-state index in [0.29, 0.717) is 17.5 Å². The van der Waals surface area contributed by atoms with E-state index >= 15 is 0 Å². The van der Waals surface area contributed by atoms with Crippen molar-refractivity contribution in [1.82, 2.24) is 9.80 Å². The Hall–Kier alpha value is -0.720. The number of ether oxygens (including phenoxy) is 1. The number of nitrogens with zero attached hydrogens (tertiary/aromatic N) is 2. The van der Waals surface area contributed by atoms with Crippen LogP contribution in [0.1, 0.15) is 32.6 Å². The summed E-state index contributed by atoms with van der Waals surface area (Å²) in [4.78, 5) is 16.9. The van der Waals surface area contributed by atoms with Crippen molar-refractivity contribution in [3.63, 3.8) is 0 Å². The molecule has 0 saturated carbocycles. The van der Waals surface area contributed by atoms with Crippen LogP contribution in [0.15, 0.2) is 0 Å². The molecule has 0 aromatic rings. The zero-order valence-electron chi connectivity index (χ0n) is 12.2. The van der Waals surface area contributed by atoms with Crippen molar-refractivity contribution in [3.8, 4) is 0 Å². The number of carbonyl (C=O) groups excluding carboxylic acids is 1. The second-order valence-electron chi connectivity index (χ2n) is 5.67. The van der Waals surface area contributed by atoms with Crippen molar-refractivity contribution >= 4 is 23.1 Å². The fourth-order valence-electron chi connectivity index (χ4n) is 2.85. The molecule has 2 N–H and O–H groups in total. The van der Waals surface area contributed by atoms with Crippen molar-refractivity contribution < 1.29 is 9.53 Å². The SMILES string of the molecule is CC(C(N)=S)N1CCN(C(=O)CCC2CCCO2)CC1. The van der Waals surface area contributed by atoms with Gasteiger partial charge in [0.1, 0.15) is 0 Å². The lowest BCUT2D eigenvalue weighted by atomic mass is 10.1. The molecule has 2 fully saturated rings. The largest absolute Gasteiger partial charge is 0.392 e. The third kappa shape index (κ3) is 4.14. The Morgan fingerprint density at radius 1 is 1.40 bits per heavy atom. The first kappa shape index (κ1) is 15.7. The van der Waals surface area contributed by atoms with E-state index in [-0.39, 0.29) is 11.9 Å². The van der Waals surface area contributed by atoms with Crippen LogP contribution in [0.25, 0.3) is 0 Å². The fourth-order valence-corrected chi connectivity index (χ4v) is 3.00. The number of nitrogens with two attached hydrogens (primary N) is 1. The molecule has 0 bridgehead atoms. The lowest BCUT2D eigenvalue weighted by molar-refractivity contribution is -0.133. The summed E-state index contributed by atoms with van der Waals surface area (Å²) in [7, 11) is 0. The van der Waals surface area contributed by atoms with Gasteiger partial charge in [-0.3, -0.25) is 9.69 Å². The van der Waals surface area contributed by atoms with E-state index < -0.39 is 0 Å². The summed E-state index contributed by atoms with van der Waals surface area (Å²) in [6.07, 6.45) is 4.01. The first-order chi connectivity index (χ1) is 9.58. The molecule has 5 nitrogen and oxygen atoms in total. The maximum absolute atomic E-state index is 12.2. The Morgan fingerprint density at radius 2 is 2.10 bits per heavy atom. The summed E-state index contributed by atoms with van der Waals surface area (Å²) >= 11 is 5.02. The molecule has 0 aromatic heterocycles. The lowest BCUT2D eigenvalue weighted by Crippen LogP contribution is -2.54. The van der Waals surface area contributed by atoms with Crippen LogP contribution >= 0.6 is 12.2 Å². The van der Waals surface area contributed by atoms with Crippen LogP contribution in [0.2, 0.25) is 0 Å². The highest BCUT2D eigenvalue weighted by atomic mass is 32.1. The van der Waals surface area contributed by atoms with Gasteiger partial charge in [0.05, 0.1) is 17.1 Å². The minimum atomic E-state index is 0.120. The smallest absolute Gasteiger partial charge is 0.222 e. The van der Waals surface area contributed by atoms with Crippen LogP contribution in [0.5, 0.6) is 0 Å². The number of hydrogen-bond acceptors (Lipinski definition) is 4. The molecule has 2 saturated heterocycles. The maximum atomic E-state index is 12.2. The third-order valence-corrected chi connectivity index (χ3v) is 4.67. The monoisotopic (exact) mass is 299 g/mol. The van der Waals surface area contributed by atoms with Gasteiger partial charge in [0.2, 0.25) is 5.91 Å². The number of amides is 1. The van der Waals surface area contributed by atoms with Gasteiger partial charge in [0, 0.05) is 39.2 Å². The van der Waals surface area contributed by atoms with Gasteiger partial charge in [-0.15, -0.1) is 0 Å². The zero-order valence-corrected chi connectivity index (χ0v) is 13.0. The number of thiocarbonyl (C=S) groups is 1. The molecule has 0 aliphatic carbocycles. The molecule has 6 heteroatoms. The Morgan fingerprint density at radius 3 is 2.65 bits per heavy atom. The molecule has 2 aliphatic heterocycles.